The molecule has 1 unspecified atom stereocenters. The van der Waals surface area contributed by atoms with Crippen LogP contribution in [0.5, 0.6) is 11.5 Å². The summed E-state index contributed by atoms with van der Waals surface area (Å²) < 4.78 is 11.2. The number of hydrogen-bond acceptors (Lipinski definition) is 4. The summed E-state index contributed by atoms with van der Waals surface area (Å²) in [7, 11) is 1.70. The summed E-state index contributed by atoms with van der Waals surface area (Å²) in [4.78, 5) is 2.49. The van der Waals surface area contributed by atoms with E-state index in [2.05, 4.69) is 16.3 Å². The zero-order chi connectivity index (χ0) is 11.7. The molecule has 2 aliphatic heterocycles. The van der Waals surface area contributed by atoms with E-state index in [1.54, 1.807) is 7.11 Å². The van der Waals surface area contributed by atoms with Crippen molar-refractivity contribution in [2.75, 3.05) is 33.4 Å². The fraction of sp³-hybridized carbons (Fsp3) is 0.538. The highest BCUT2D eigenvalue weighted by molar-refractivity contribution is 5.85. The van der Waals surface area contributed by atoms with Crippen LogP contribution >= 0.6 is 12.4 Å². The van der Waals surface area contributed by atoms with Gasteiger partial charge in [0.05, 0.1) is 13.2 Å². The topological polar surface area (TPSA) is 33.7 Å². The molecule has 18 heavy (non-hydrogen) atoms. The van der Waals surface area contributed by atoms with E-state index in [0.717, 1.165) is 44.3 Å². The zero-order valence-electron chi connectivity index (χ0n) is 10.5. The predicted octanol–water partition coefficient (Wildman–Crippen LogP) is 1.28. The van der Waals surface area contributed by atoms with E-state index in [9.17, 15) is 0 Å². The maximum atomic E-state index is 5.88. The molecule has 100 valence electrons. The van der Waals surface area contributed by atoms with Crippen LogP contribution in [0.1, 0.15) is 5.56 Å². The molecule has 0 aliphatic carbocycles. The molecule has 0 amide bonds. The van der Waals surface area contributed by atoms with Crippen molar-refractivity contribution in [2.24, 2.45) is 0 Å². The number of ether oxygens (including phenoxy) is 2. The first-order valence-electron chi connectivity index (χ1n) is 6.11. The Labute approximate surface area is 114 Å². The molecule has 1 aromatic rings. The lowest BCUT2D eigenvalue weighted by Crippen LogP contribution is -2.52. The van der Waals surface area contributed by atoms with Gasteiger partial charge >= 0.3 is 0 Å². The van der Waals surface area contributed by atoms with Crippen LogP contribution in [0.4, 0.5) is 0 Å². The molecule has 0 spiro atoms. The van der Waals surface area contributed by atoms with Crippen molar-refractivity contribution >= 4 is 12.4 Å². The van der Waals surface area contributed by atoms with Gasteiger partial charge in [-0.1, -0.05) is 0 Å². The second kappa shape index (κ2) is 5.78. The number of benzene rings is 1. The fourth-order valence-corrected chi connectivity index (χ4v) is 2.53. The first-order valence-corrected chi connectivity index (χ1v) is 6.11. The van der Waals surface area contributed by atoms with E-state index in [1.807, 2.05) is 12.1 Å². The molecule has 4 nitrogen and oxygen atoms in total. The maximum absolute atomic E-state index is 5.88. The molecule has 2 heterocycles. The number of piperazine rings is 1. The van der Waals surface area contributed by atoms with Crippen molar-refractivity contribution < 1.29 is 9.47 Å². The molecule has 0 radical (unpaired) electrons. The van der Waals surface area contributed by atoms with E-state index in [-0.39, 0.29) is 12.4 Å². The van der Waals surface area contributed by atoms with Gasteiger partial charge in [-0.25, -0.2) is 0 Å². The minimum Gasteiger partial charge on any atom is -0.497 e. The molecule has 3 rings (SSSR count). The van der Waals surface area contributed by atoms with Gasteiger partial charge in [-0.3, -0.25) is 4.90 Å². The van der Waals surface area contributed by atoms with Crippen molar-refractivity contribution in [1.82, 2.24) is 10.2 Å². The number of methoxy groups -OCH3 is 1. The van der Waals surface area contributed by atoms with Gasteiger partial charge in [-0.15, -0.1) is 12.4 Å². The van der Waals surface area contributed by atoms with Gasteiger partial charge in [0.1, 0.15) is 18.1 Å². The quantitative estimate of drug-likeness (QED) is 0.834. The molecule has 5 heteroatoms. The van der Waals surface area contributed by atoms with Gasteiger partial charge < -0.3 is 14.8 Å². The summed E-state index contributed by atoms with van der Waals surface area (Å²) in [5.74, 6) is 1.90. The summed E-state index contributed by atoms with van der Waals surface area (Å²) in [5.41, 5.74) is 1.23. The van der Waals surface area contributed by atoms with Crippen molar-refractivity contribution in [3.8, 4) is 11.5 Å². The minimum absolute atomic E-state index is 0. The molecular weight excluding hydrogens is 252 g/mol. The van der Waals surface area contributed by atoms with Crippen molar-refractivity contribution in [3.05, 3.63) is 23.8 Å². The molecule has 1 aromatic carbocycles. The second-order valence-corrected chi connectivity index (χ2v) is 4.61. The van der Waals surface area contributed by atoms with Crippen molar-refractivity contribution in [1.29, 1.82) is 0 Å². The molecule has 0 saturated carbocycles. The average molecular weight is 271 g/mol. The number of nitrogens with zero attached hydrogens (tertiary/aromatic N) is 1. The van der Waals surface area contributed by atoms with Crippen LogP contribution in [0.25, 0.3) is 0 Å². The van der Waals surface area contributed by atoms with Crippen LogP contribution < -0.4 is 14.8 Å². The Morgan fingerprint density at radius 3 is 3.17 bits per heavy atom. The van der Waals surface area contributed by atoms with Crippen LogP contribution in [-0.2, 0) is 6.54 Å². The minimum atomic E-state index is 0. The Hall–Kier alpha value is -0.970. The Kier molecular flexibility index (Phi) is 4.32. The SMILES string of the molecule is COc1ccc2c(c1)CN1CCNCC1CO2.Cl. The Balaban J connectivity index is 0.00000120. The molecule has 0 aromatic heterocycles. The lowest BCUT2D eigenvalue weighted by Gasteiger charge is -2.33. The summed E-state index contributed by atoms with van der Waals surface area (Å²) in [6, 6.07) is 6.54. The highest BCUT2D eigenvalue weighted by atomic mass is 35.5. The number of nitrogens with one attached hydrogen (secondary N) is 1. The third-order valence-electron chi connectivity index (χ3n) is 3.54. The van der Waals surface area contributed by atoms with E-state index in [0.29, 0.717) is 6.04 Å². The van der Waals surface area contributed by atoms with Gasteiger partial charge in [0, 0.05) is 31.7 Å². The van der Waals surface area contributed by atoms with Crippen molar-refractivity contribution in [3.63, 3.8) is 0 Å². The molecule has 2 aliphatic rings. The first-order chi connectivity index (χ1) is 8.36. The Morgan fingerprint density at radius 2 is 2.33 bits per heavy atom. The molecule has 1 fully saturated rings. The number of rotatable bonds is 1. The number of hydrogen-bond donors (Lipinski definition) is 1. The van der Waals surface area contributed by atoms with E-state index in [1.165, 1.54) is 5.56 Å². The zero-order valence-corrected chi connectivity index (χ0v) is 11.3. The van der Waals surface area contributed by atoms with Crippen molar-refractivity contribution in [2.45, 2.75) is 12.6 Å². The Bertz CT molecular complexity index is 414. The first kappa shape index (κ1) is 13.5. The molecule has 1 atom stereocenters. The molecule has 1 saturated heterocycles. The lowest BCUT2D eigenvalue weighted by molar-refractivity contribution is 0.120. The van der Waals surface area contributed by atoms with Gasteiger partial charge in [-0.2, -0.15) is 0 Å². The summed E-state index contributed by atoms with van der Waals surface area (Å²) >= 11 is 0. The standard InChI is InChI=1S/C13H18N2O2.ClH/c1-16-12-2-3-13-10(6-12)8-15-5-4-14-7-11(15)9-17-13;/h2-3,6,11,14H,4-5,7-9H2,1H3;1H. The molecule has 0 bridgehead atoms. The normalized spacial score (nSPS) is 22.8. The monoisotopic (exact) mass is 270 g/mol. The largest absolute Gasteiger partial charge is 0.497 e. The van der Waals surface area contributed by atoms with E-state index < -0.39 is 0 Å². The number of halogens is 1. The van der Waals surface area contributed by atoms with E-state index >= 15 is 0 Å². The van der Waals surface area contributed by atoms with Gasteiger partial charge in [0.2, 0.25) is 0 Å². The van der Waals surface area contributed by atoms with Crippen LogP contribution in [0.3, 0.4) is 0 Å². The summed E-state index contributed by atoms with van der Waals surface area (Å²) in [6.07, 6.45) is 0. The highest BCUT2D eigenvalue weighted by Gasteiger charge is 2.26. The highest BCUT2D eigenvalue weighted by Crippen LogP contribution is 2.29. The van der Waals surface area contributed by atoms with Crippen LogP contribution in [0.15, 0.2) is 18.2 Å². The maximum Gasteiger partial charge on any atom is 0.124 e. The van der Waals surface area contributed by atoms with Crippen LogP contribution in [0, 0.1) is 0 Å². The second-order valence-electron chi connectivity index (χ2n) is 4.61. The molecule has 1 N–H and O–H groups in total. The van der Waals surface area contributed by atoms with Gasteiger partial charge in [-0.05, 0) is 18.2 Å². The van der Waals surface area contributed by atoms with Gasteiger partial charge in [0.25, 0.3) is 0 Å². The fourth-order valence-electron chi connectivity index (χ4n) is 2.53. The lowest BCUT2D eigenvalue weighted by atomic mass is 10.1. The third kappa shape index (κ3) is 2.55. The summed E-state index contributed by atoms with van der Waals surface area (Å²) in [6.45, 7) is 4.90. The van der Waals surface area contributed by atoms with Crippen LogP contribution in [0.2, 0.25) is 0 Å². The predicted molar refractivity (Wildman–Crippen MR) is 72.8 cm³/mol. The summed E-state index contributed by atoms with van der Waals surface area (Å²) in [5, 5.41) is 3.41. The number of fused-ring (bicyclic) bond motifs is 2. The molecular formula is C13H19ClN2O2. The Morgan fingerprint density at radius 1 is 1.44 bits per heavy atom. The smallest absolute Gasteiger partial charge is 0.124 e. The average Bonchev–Trinajstić information content (AvgIpc) is 2.56. The van der Waals surface area contributed by atoms with Gasteiger partial charge in [0.15, 0.2) is 0 Å². The van der Waals surface area contributed by atoms with Crippen LogP contribution in [-0.4, -0.2) is 44.3 Å². The van der Waals surface area contributed by atoms with E-state index in [4.69, 9.17) is 9.47 Å². The third-order valence-corrected chi connectivity index (χ3v) is 3.54.